The van der Waals surface area contributed by atoms with Gasteiger partial charge in [0, 0.05) is 11.8 Å². The number of hydrogen-bond donors (Lipinski definition) is 0. The third-order valence-corrected chi connectivity index (χ3v) is 3.20. The first kappa shape index (κ1) is 8.84. The zero-order valence-corrected chi connectivity index (χ0v) is 8.74. The van der Waals surface area contributed by atoms with Crippen LogP contribution in [-0.4, -0.2) is 10.2 Å². The van der Waals surface area contributed by atoms with Crippen molar-refractivity contribution in [1.29, 1.82) is 0 Å². The number of nitrogens with zero attached hydrogens (tertiary/aromatic N) is 2. The smallest absolute Gasteiger partial charge is 0.0960 e. The van der Waals surface area contributed by atoms with E-state index in [1.54, 1.807) is 6.20 Å². The number of fused-ring (bicyclic) bond motifs is 3. The Hall–Kier alpha value is -1.44. The van der Waals surface area contributed by atoms with Crippen molar-refractivity contribution in [3.05, 3.63) is 41.2 Å². The maximum absolute atomic E-state index is 4.30. The summed E-state index contributed by atoms with van der Waals surface area (Å²) < 4.78 is 0. The number of aromatic nitrogens is 2. The van der Waals surface area contributed by atoms with Gasteiger partial charge in [0.15, 0.2) is 0 Å². The van der Waals surface area contributed by atoms with Gasteiger partial charge in [-0.2, -0.15) is 10.2 Å². The van der Waals surface area contributed by atoms with Gasteiger partial charge in [0.1, 0.15) is 0 Å². The molecule has 1 aromatic rings. The summed E-state index contributed by atoms with van der Waals surface area (Å²) in [7, 11) is 0. The Labute approximate surface area is 89.7 Å². The number of rotatable bonds is 0. The molecule has 76 valence electrons. The summed E-state index contributed by atoms with van der Waals surface area (Å²) in [5.74, 6) is 0. The molecular formula is C13H14N2. The SMILES string of the molecule is C1=C2CCCc3ccnnc3C2=CCC1. The van der Waals surface area contributed by atoms with Crippen LogP contribution < -0.4 is 0 Å². The van der Waals surface area contributed by atoms with Gasteiger partial charge in [-0.05, 0) is 49.3 Å². The van der Waals surface area contributed by atoms with E-state index in [1.165, 1.54) is 36.0 Å². The Morgan fingerprint density at radius 2 is 2.00 bits per heavy atom. The molecular weight excluding hydrogens is 184 g/mol. The van der Waals surface area contributed by atoms with E-state index in [9.17, 15) is 0 Å². The summed E-state index contributed by atoms with van der Waals surface area (Å²) in [4.78, 5) is 0. The van der Waals surface area contributed by atoms with Crippen molar-refractivity contribution in [3.63, 3.8) is 0 Å². The molecule has 0 saturated carbocycles. The van der Waals surface area contributed by atoms with Gasteiger partial charge in [-0.15, -0.1) is 0 Å². The van der Waals surface area contributed by atoms with Crippen LogP contribution >= 0.6 is 0 Å². The highest BCUT2D eigenvalue weighted by Gasteiger charge is 2.19. The number of allylic oxidation sites excluding steroid dienone is 4. The third-order valence-electron chi connectivity index (χ3n) is 3.20. The quantitative estimate of drug-likeness (QED) is 0.640. The lowest BCUT2D eigenvalue weighted by Gasteiger charge is -2.13. The molecule has 0 aromatic carbocycles. The van der Waals surface area contributed by atoms with Crippen LogP contribution in [0.1, 0.15) is 36.9 Å². The second-order valence-electron chi connectivity index (χ2n) is 4.18. The van der Waals surface area contributed by atoms with E-state index in [1.807, 2.05) is 0 Å². The minimum Gasteiger partial charge on any atom is -0.159 e. The molecule has 0 amide bonds. The molecule has 0 radical (unpaired) electrons. The predicted molar refractivity (Wildman–Crippen MR) is 60.3 cm³/mol. The zero-order chi connectivity index (χ0) is 10.1. The van der Waals surface area contributed by atoms with Gasteiger partial charge in [0.2, 0.25) is 0 Å². The molecule has 1 heterocycles. The topological polar surface area (TPSA) is 25.8 Å². The first-order valence-corrected chi connectivity index (χ1v) is 5.65. The lowest BCUT2D eigenvalue weighted by Crippen LogP contribution is -1.99. The third kappa shape index (κ3) is 1.50. The molecule has 1 aromatic heterocycles. The van der Waals surface area contributed by atoms with E-state index < -0.39 is 0 Å². The molecule has 0 spiro atoms. The van der Waals surface area contributed by atoms with Crippen LogP contribution in [0.5, 0.6) is 0 Å². The highest BCUT2D eigenvalue weighted by Crippen LogP contribution is 2.34. The standard InChI is InChI=1S/C13H14N2/c1-2-7-12-10(4-1)5-3-6-11-8-9-14-15-13(11)12/h4,7-9H,1-3,5-6H2. The monoisotopic (exact) mass is 198 g/mol. The van der Waals surface area contributed by atoms with Crippen LogP contribution in [-0.2, 0) is 6.42 Å². The van der Waals surface area contributed by atoms with Gasteiger partial charge in [0.05, 0.1) is 5.69 Å². The molecule has 0 saturated heterocycles. The maximum atomic E-state index is 4.30. The molecule has 0 atom stereocenters. The van der Waals surface area contributed by atoms with Gasteiger partial charge < -0.3 is 0 Å². The molecule has 0 bridgehead atoms. The molecule has 0 N–H and O–H groups in total. The van der Waals surface area contributed by atoms with E-state index in [-0.39, 0.29) is 0 Å². The van der Waals surface area contributed by atoms with Crippen LogP contribution in [0.3, 0.4) is 0 Å². The maximum Gasteiger partial charge on any atom is 0.0960 e. The van der Waals surface area contributed by atoms with Gasteiger partial charge in [0.25, 0.3) is 0 Å². The van der Waals surface area contributed by atoms with E-state index >= 15 is 0 Å². The van der Waals surface area contributed by atoms with Crippen molar-refractivity contribution in [2.45, 2.75) is 32.1 Å². The predicted octanol–water partition coefficient (Wildman–Crippen LogP) is 2.92. The molecule has 0 aliphatic heterocycles. The average molecular weight is 198 g/mol. The molecule has 3 rings (SSSR count). The highest BCUT2D eigenvalue weighted by molar-refractivity contribution is 5.79. The lowest BCUT2D eigenvalue weighted by molar-refractivity contribution is 0.825. The zero-order valence-electron chi connectivity index (χ0n) is 8.74. The van der Waals surface area contributed by atoms with E-state index in [0.717, 1.165) is 18.5 Å². The summed E-state index contributed by atoms with van der Waals surface area (Å²) in [5, 5.41) is 8.32. The Kier molecular flexibility index (Phi) is 2.13. The molecule has 2 aliphatic rings. The van der Waals surface area contributed by atoms with Crippen LogP contribution in [0.25, 0.3) is 5.57 Å². The minimum absolute atomic E-state index is 1.13. The first-order valence-electron chi connectivity index (χ1n) is 5.65. The van der Waals surface area contributed by atoms with Crippen molar-refractivity contribution in [3.8, 4) is 0 Å². The highest BCUT2D eigenvalue weighted by atomic mass is 15.1. The Morgan fingerprint density at radius 3 is 3.00 bits per heavy atom. The summed E-state index contributed by atoms with van der Waals surface area (Å²) in [6.07, 6.45) is 12.4. The fraction of sp³-hybridized carbons (Fsp3) is 0.385. The van der Waals surface area contributed by atoms with Crippen LogP contribution in [0, 0.1) is 0 Å². The summed E-state index contributed by atoms with van der Waals surface area (Å²) in [6.45, 7) is 0. The molecule has 15 heavy (non-hydrogen) atoms. The molecule has 2 heteroatoms. The molecule has 0 fully saturated rings. The summed E-state index contributed by atoms with van der Waals surface area (Å²) in [6, 6.07) is 2.11. The van der Waals surface area contributed by atoms with Gasteiger partial charge in [-0.1, -0.05) is 12.2 Å². The van der Waals surface area contributed by atoms with Gasteiger partial charge in [-0.25, -0.2) is 0 Å². The molecule has 2 nitrogen and oxygen atoms in total. The summed E-state index contributed by atoms with van der Waals surface area (Å²) >= 11 is 0. The second kappa shape index (κ2) is 3.61. The van der Waals surface area contributed by atoms with E-state index in [4.69, 9.17) is 0 Å². The lowest BCUT2D eigenvalue weighted by atomic mass is 9.93. The van der Waals surface area contributed by atoms with E-state index in [0.29, 0.717) is 0 Å². The van der Waals surface area contributed by atoms with Gasteiger partial charge in [-0.3, -0.25) is 0 Å². The van der Waals surface area contributed by atoms with Crippen molar-refractivity contribution in [2.75, 3.05) is 0 Å². The second-order valence-corrected chi connectivity index (χ2v) is 4.18. The Bertz CT molecular complexity index is 444. The minimum atomic E-state index is 1.13. The van der Waals surface area contributed by atoms with Crippen molar-refractivity contribution < 1.29 is 0 Å². The Morgan fingerprint density at radius 1 is 1.07 bits per heavy atom. The summed E-state index contributed by atoms with van der Waals surface area (Å²) in [5.41, 5.74) is 5.32. The van der Waals surface area contributed by atoms with Gasteiger partial charge >= 0.3 is 0 Å². The van der Waals surface area contributed by atoms with Crippen LogP contribution in [0.15, 0.2) is 30.0 Å². The number of hydrogen-bond acceptors (Lipinski definition) is 2. The average Bonchev–Trinajstić information content (AvgIpc) is 2.48. The molecule has 2 aliphatic carbocycles. The Balaban J connectivity index is 2.16. The normalized spacial score (nSPS) is 19.5. The largest absolute Gasteiger partial charge is 0.159 e. The van der Waals surface area contributed by atoms with Crippen molar-refractivity contribution in [2.24, 2.45) is 0 Å². The van der Waals surface area contributed by atoms with Crippen LogP contribution in [0.4, 0.5) is 0 Å². The molecule has 0 unspecified atom stereocenters. The number of aryl methyl sites for hydroxylation is 1. The van der Waals surface area contributed by atoms with Crippen molar-refractivity contribution >= 4 is 5.57 Å². The first-order chi connectivity index (χ1) is 7.45. The fourth-order valence-electron chi connectivity index (χ4n) is 2.47. The van der Waals surface area contributed by atoms with E-state index in [2.05, 4.69) is 28.4 Å². The van der Waals surface area contributed by atoms with Crippen molar-refractivity contribution in [1.82, 2.24) is 10.2 Å². The fourth-order valence-corrected chi connectivity index (χ4v) is 2.47. The van der Waals surface area contributed by atoms with Crippen LogP contribution in [0.2, 0.25) is 0 Å².